The summed E-state index contributed by atoms with van der Waals surface area (Å²) in [4.78, 5) is 23.3. The maximum atomic E-state index is 11.6. The van der Waals surface area contributed by atoms with Crippen molar-refractivity contribution in [2.75, 3.05) is 18.5 Å². The van der Waals surface area contributed by atoms with Crippen LogP contribution in [0.2, 0.25) is 0 Å². The first-order valence-corrected chi connectivity index (χ1v) is 7.37. The number of amides is 1. The summed E-state index contributed by atoms with van der Waals surface area (Å²) in [5.74, 6) is -0.367. The fourth-order valence-corrected chi connectivity index (χ4v) is 1.61. The van der Waals surface area contributed by atoms with Crippen LogP contribution in [-0.4, -0.2) is 31.1 Å². The van der Waals surface area contributed by atoms with Crippen molar-refractivity contribution >= 4 is 17.6 Å². The second kappa shape index (κ2) is 9.00. The molecule has 1 amide bonds. The van der Waals surface area contributed by atoms with Crippen LogP contribution in [-0.2, 0) is 9.53 Å². The number of ether oxygens (including phenoxy) is 1. The predicted molar refractivity (Wildman–Crippen MR) is 83.4 cm³/mol. The van der Waals surface area contributed by atoms with Gasteiger partial charge in [-0.3, -0.25) is 4.79 Å². The number of nitrogens with one attached hydrogen (secondary N) is 2. The fourth-order valence-electron chi connectivity index (χ4n) is 1.61. The maximum Gasteiger partial charge on any atom is 0.338 e. The Morgan fingerprint density at radius 3 is 2.43 bits per heavy atom. The van der Waals surface area contributed by atoms with E-state index in [1.54, 1.807) is 24.3 Å². The summed E-state index contributed by atoms with van der Waals surface area (Å²) >= 11 is 0. The third-order valence-corrected chi connectivity index (χ3v) is 3.03. The molecule has 1 rings (SSSR count). The molecule has 1 unspecified atom stereocenters. The lowest BCUT2D eigenvalue weighted by molar-refractivity contribution is -0.120. The Kier molecular flexibility index (Phi) is 7.29. The number of hydrogen-bond acceptors (Lipinski definition) is 4. The minimum Gasteiger partial charge on any atom is -0.462 e. The zero-order chi connectivity index (χ0) is 15.7. The Labute approximate surface area is 126 Å². The monoisotopic (exact) mass is 292 g/mol. The predicted octanol–water partition coefficient (Wildman–Crippen LogP) is 2.58. The van der Waals surface area contributed by atoms with Crippen molar-refractivity contribution in [1.82, 2.24) is 5.32 Å². The zero-order valence-corrected chi connectivity index (χ0v) is 12.9. The number of anilines is 1. The summed E-state index contributed by atoms with van der Waals surface area (Å²) in [6, 6.07) is 7.08. The minimum absolute atomic E-state index is 0.0456. The lowest BCUT2D eigenvalue weighted by Gasteiger charge is -2.12. The van der Waals surface area contributed by atoms with Gasteiger partial charge in [0.05, 0.1) is 18.7 Å². The van der Waals surface area contributed by atoms with Gasteiger partial charge in [-0.15, -0.1) is 0 Å². The van der Waals surface area contributed by atoms with Crippen molar-refractivity contribution in [3.05, 3.63) is 29.8 Å². The second-order valence-electron chi connectivity index (χ2n) is 4.94. The Bertz CT molecular complexity index is 457. The van der Waals surface area contributed by atoms with Gasteiger partial charge in [-0.2, -0.15) is 0 Å². The summed E-state index contributed by atoms with van der Waals surface area (Å²) < 4.78 is 5.05. The molecule has 0 aliphatic carbocycles. The van der Waals surface area contributed by atoms with E-state index in [1.165, 1.54) is 0 Å². The average molecular weight is 292 g/mol. The highest BCUT2D eigenvalue weighted by molar-refractivity contribution is 5.90. The molecule has 0 fully saturated rings. The molecule has 0 saturated carbocycles. The molecule has 0 radical (unpaired) electrons. The second-order valence-corrected chi connectivity index (χ2v) is 4.94. The molecule has 0 heterocycles. The van der Waals surface area contributed by atoms with Crippen molar-refractivity contribution in [1.29, 1.82) is 0 Å². The molecule has 0 spiro atoms. The van der Waals surface area contributed by atoms with Gasteiger partial charge in [0.2, 0.25) is 5.91 Å². The van der Waals surface area contributed by atoms with Gasteiger partial charge in [0.15, 0.2) is 0 Å². The van der Waals surface area contributed by atoms with Crippen molar-refractivity contribution in [2.24, 2.45) is 0 Å². The molecule has 116 valence electrons. The lowest BCUT2D eigenvalue weighted by Crippen LogP contribution is -2.36. The average Bonchev–Trinajstić information content (AvgIpc) is 2.50. The molecule has 1 atom stereocenters. The van der Waals surface area contributed by atoms with Crippen LogP contribution in [0.15, 0.2) is 24.3 Å². The highest BCUT2D eigenvalue weighted by Crippen LogP contribution is 2.10. The summed E-state index contributed by atoms with van der Waals surface area (Å²) in [6.45, 7) is 6.58. The van der Waals surface area contributed by atoms with Gasteiger partial charge in [0.25, 0.3) is 0 Å². The van der Waals surface area contributed by atoms with E-state index in [4.69, 9.17) is 4.74 Å². The highest BCUT2D eigenvalue weighted by Gasteiger charge is 2.07. The Balaban J connectivity index is 2.44. The Morgan fingerprint density at radius 1 is 1.19 bits per heavy atom. The summed E-state index contributed by atoms with van der Waals surface area (Å²) in [5.41, 5.74) is 1.30. The van der Waals surface area contributed by atoms with Crippen LogP contribution in [0.4, 0.5) is 5.69 Å². The third kappa shape index (κ3) is 6.29. The Morgan fingerprint density at radius 2 is 1.86 bits per heavy atom. The molecule has 0 aliphatic heterocycles. The first kappa shape index (κ1) is 17.0. The number of hydrogen-bond donors (Lipinski definition) is 2. The summed E-state index contributed by atoms with van der Waals surface area (Å²) in [6.07, 6.45) is 1.71. The first-order valence-electron chi connectivity index (χ1n) is 7.37. The molecule has 5 nitrogen and oxygen atoms in total. The minimum atomic E-state index is -0.321. The quantitative estimate of drug-likeness (QED) is 0.723. The van der Waals surface area contributed by atoms with E-state index in [2.05, 4.69) is 10.6 Å². The standard InChI is InChI=1S/C16H24N2O3/c1-4-10-21-16(20)13-6-8-14(9-7-13)17-11-15(19)18-12(3)5-2/h6-9,12,17H,4-5,10-11H2,1-3H3,(H,18,19). The van der Waals surface area contributed by atoms with Crippen LogP contribution in [0.25, 0.3) is 0 Å². The SMILES string of the molecule is CCCOC(=O)c1ccc(NCC(=O)NC(C)CC)cc1. The molecule has 21 heavy (non-hydrogen) atoms. The van der Waals surface area contributed by atoms with Crippen LogP contribution in [0.3, 0.4) is 0 Å². The molecule has 1 aromatic carbocycles. The number of esters is 1. The van der Waals surface area contributed by atoms with E-state index in [1.807, 2.05) is 20.8 Å². The van der Waals surface area contributed by atoms with Gasteiger partial charge in [0, 0.05) is 11.7 Å². The van der Waals surface area contributed by atoms with Crippen LogP contribution in [0.5, 0.6) is 0 Å². The molecular weight excluding hydrogens is 268 g/mol. The number of carbonyl (C=O) groups is 2. The zero-order valence-electron chi connectivity index (χ0n) is 12.9. The van der Waals surface area contributed by atoms with Crippen molar-refractivity contribution in [3.63, 3.8) is 0 Å². The largest absolute Gasteiger partial charge is 0.462 e. The van der Waals surface area contributed by atoms with Crippen LogP contribution >= 0.6 is 0 Å². The third-order valence-electron chi connectivity index (χ3n) is 3.03. The lowest BCUT2D eigenvalue weighted by atomic mass is 10.2. The molecule has 5 heteroatoms. The van der Waals surface area contributed by atoms with Crippen molar-refractivity contribution in [2.45, 2.75) is 39.7 Å². The van der Waals surface area contributed by atoms with Crippen molar-refractivity contribution < 1.29 is 14.3 Å². The summed E-state index contributed by atoms with van der Waals surface area (Å²) in [5, 5.41) is 5.90. The van der Waals surface area contributed by atoms with Gasteiger partial charge in [-0.05, 0) is 44.0 Å². The molecule has 2 N–H and O–H groups in total. The van der Waals surface area contributed by atoms with E-state index in [0.29, 0.717) is 12.2 Å². The number of carbonyl (C=O) groups excluding carboxylic acids is 2. The summed E-state index contributed by atoms with van der Waals surface area (Å²) in [7, 11) is 0. The molecule has 1 aromatic rings. The molecule has 0 saturated heterocycles. The van der Waals surface area contributed by atoms with Crippen LogP contribution in [0.1, 0.15) is 44.0 Å². The van der Waals surface area contributed by atoms with E-state index in [0.717, 1.165) is 18.5 Å². The van der Waals surface area contributed by atoms with Crippen LogP contribution in [0, 0.1) is 0 Å². The van der Waals surface area contributed by atoms with Gasteiger partial charge in [0.1, 0.15) is 0 Å². The maximum absolute atomic E-state index is 11.6. The Hall–Kier alpha value is -2.04. The normalized spacial score (nSPS) is 11.6. The van der Waals surface area contributed by atoms with E-state index in [9.17, 15) is 9.59 Å². The van der Waals surface area contributed by atoms with Gasteiger partial charge >= 0.3 is 5.97 Å². The molecular formula is C16H24N2O3. The van der Waals surface area contributed by atoms with Gasteiger partial charge in [-0.25, -0.2) is 4.79 Å². The van der Waals surface area contributed by atoms with E-state index >= 15 is 0 Å². The number of rotatable bonds is 8. The molecule has 0 aliphatic rings. The van der Waals surface area contributed by atoms with E-state index in [-0.39, 0.29) is 24.5 Å². The first-order chi connectivity index (χ1) is 10.1. The molecule has 0 bridgehead atoms. The topological polar surface area (TPSA) is 67.4 Å². The smallest absolute Gasteiger partial charge is 0.338 e. The van der Waals surface area contributed by atoms with Crippen LogP contribution < -0.4 is 10.6 Å². The molecule has 0 aromatic heterocycles. The van der Waals surface area contributed by atoms with Gasteiger partial charge in [-0.1, -0.05) is 13.8 Å². The van der Waals surface area contributed by atoms with E-state index < -0.39 is 0 Å². The fraction of sp³-hybridized carbons (Fsp3) is 0.500. The highest BCUT2D eigenvalue weighted by atomic mass is 16.5. The van der Waals surface area contributed by atoms with Gasteiger partial charge < -0.3 is 15.4 Å². The number of benzene rings is 1. The van der Waals surface area contributed by atoms with Crippen molar-refractivity contribution in [3.8, 4) is 0 Å².